The lowest BCUT2D eigenvalue weighted by Crippen LogP contribution is -2.26. The van der Waals surface area contributed by atoms with Crippen LogP contribution in [-0.2, 0) is 17.8 Å². The number of aromatic amines is 1. The number of imidazole rings is 1. The molecule has 26 heavy (non-hydrogen) atoms. The van der Waals surface area contributed by atoms with Crippen LogP contribution in [0.25, 0.3) is 11.0 Å². The van der Waals surface area contributed by atoms with Gasteiger partial charge in [0.05, 0.1) is 11.0 Å². The highest BCUT2D eigenvalue weighted by Crippen LogP contribution is 2.09. The number of benzene rings is 2. The van der Waals surface area contributed by atoms with Crippen LogP contribution in [0.3, 0.4) is 0 Å². The van der Waals surface area contributed by atoms with Gasteiger partial charge in [-0.15, -0.1) is 0 Å². The Bertz CT molecular complexity index is 896. The second-order valence-electron chi connectivity index (χ2n) is 6.50. The minimum atomic E-state index is -0.0987. The third-order valence-electron chi connectivity index (χ3n) is 4.52. The maximum absolute atomic E-state index is 12.0. The number of aromatic nitrogens is 2. The second-order valence-corrected chi connectivity index (χ2v) is 6.50. The van der Waals surface area contributed by atoms with Gasteiger partial charge in [0.1, 0.15) is 0 Å². The summed E-state index contributed by atoms with van der Waals surface area (Å²) in [6.45, 7) is 1.18. The Kier molecular flexibility index (Phi) is 6.25. The van der Waals surface area contributed by atoms with Crippen LogP contribution in [0, 0.1) is 0 Å². The van der Waals surface area contributed by atoms with E-state index in [0.29, 0.717) is 19.5 Å². The molecule has 0 radical (unpaired) electrons. The summed E-state index contributed by atoms with van der Waals surface area (Å²) in [6, 6.07) is 18.0. The van der Waals surface area contributed by atoms with Crippen LogP contribution in [0.4, 0.5) is 0 Å². The number of hydrogen-bond donors (Lipinski definition) is 2. The molecule has 0 saturated heterocycles. The number of hydrogen-bond acceptors (Lipinski definition) is 2. The van der Waals surface area contributed by atoms with Crippen molar-refractivity contribution in [2.75, 3.05) is 6.54 Å². The van der Waals surface area contributed by atoms with E-state index in [1.54, 1.807) is 4.57 Å². The predicted molar refractivity (Wildman–Crippen MR) is 104 cm³/mol. The monoisotopic (exact) mass is 351 g/mol. The Hall–Kier alpha value is -2.82. The van der Waals surface area contributed by atoms with Gasteiger partial charge >= 0.3 is 5.69 Å². The molecule has 1 heterocycles. The van der Waals surface area contributed by atoms with Crippen molar-refractivity contribution >= 4 is 16.9 Å². The highest BCUT2D eigenvalue weighted by molar-refractivity contribution is 5.76. The first-order valence-corrected chi connectivity index (χ1v) is 9.22. The molecule has 0 saturated carbocycles. The molecule has 3 rings (SSSR count). The summed E-state index contributed by atoms with van der Waals surface area (Å²) in [5.74, 6) is 0.0873. The van der Waals surface area contributed by atoms with Gasteiger partial charge in [-0.25, -0.2) is 4.79 Å². The third kappa shape index (κ3) is 4.85. The van der Waals surface area contributed by atoms with Crippen LogP contribution in [0.2, 0.25) is 0 Å². The normalized spacial score (nSPS) is 10.9. The van der Waals surface area contributed by atoms with E-state index < -0.39 is 0 Å². The van der Waals surface area contributed by atoms with Gasteiger partial charge in [-0.2, -0.15) is 0 Å². The number of unbranched alkanes of at least 4 members (excludes halogenated alkanes) is 1. The number of nitrogens with one attached hydrogen (secondary N) is 2. The number of aryl methyl sites for hydroxylation is 2. The standard InChI is InChI=1S/C21H25N3O2/c25-20(14-7-4-11-17-9-2-1-3-10-17)22-15-8-16-24-19-13-6-5-12-18(19)23-21(24)26/h1-3,5-6,9-10,12-13H,4,7-8,11,14-16H2,(H,22,25)(H,23,26). The Labute approximate surface area is 153 Å². The molecule has 136 valence electrons. The molecule has 5 nitrogen and oxygen atoms in total. The summed E-state index contributed by atoms with van der Waals surface area (Å²) in [4.78, 5) is 26.7. The summed E-state index contributed by atoms with van der Waals surface area (Å²) >= 11 is 0. The molecule has 0 atom stereocenters. The van der Waals surface area contributed by atoms with Crippen LogP contribution in [0.5, 0.6) is 0 Å². The summed E-state index contributed by atoms with van der Waals surface area (Å²) in [6.07, 6.45) is 4.21. The number of H-pyrrole nitrogens is 1. The van der Waals surface area contributed by atoms with Gasteiger partial charge in [-0.3, -0.25) is 9.36 Å². The maximum atomic E-state index is 12.0. The molecule has 1 amide bonds. The summed E-state index contributed by atoms with van der Waals surface area (Å²) in [5.41, 5.74) is 2.97. The molecule has 0 aliphatic rings. The van der Waals surface area contributed by atoms with Crippen molar-refractivity contribution in [3.05, 3.63) is 70.6 Å². The zero-order chi connectivity index (χ0) is 18.2. The van der Waals surface area contributed by atoms with Crippen molar-refractivity contribution in [3.8, 4) is 0 Å². The fourth-order valence-corrected chi connectivity index (χ4v) is 3.14. The second kappa shape index (κ2) is 9.04. The number of amides is 1. The quantitative estimate of drug-likeness (QED) is 0.581. The van der Waals surface area contributed by atoms with Crippen LogP contribution in [0.15, 0.2) is 59.4 Å². The molecule has 0 bridgehead atoms. The number of carbonyl (C=O) groups is 1. The zero-order valence-electron chi connectivity index (χ0n) is 14.9. The number of para-hydroxylation sites is 2. The van der Waals surface area contributed by atoms with E-state index in [-0.39, 0.29) is 11.6 Å². The van der Waals surface area contributed by atoms with Crippen molar-refractivity contribution in [1.82, 2.24) is 14.9 Å². The molecule has 0 unspecified atom stereocenters. The molecule has 2 N–H and O–H groups in total. The van der Waals surface area contributed by atoms with E-state index in [2.05, 4.69) is 22.4 Å². The lowest BCUT2D eigenvalue weighted by molar-refractivity contribution is -0.121. The topological polar surface area (TPSA) is 66.9 Å². The zero-order valence-corrected chi connectivity index (χ0v) is 14.9. The Morgan fingerprint density at radius 3 is 2.58 bits per heavy atom. The van der Waals surface area contributed by atoms with Gasteiger partial charge in [0.15, 0.2) is 0 Å². The number of rotatable bonds is 9. The van der Waals surface area contributed by atoms with Gasteiger partial charge in [0, 0.05) is 19.5 Å². The van der Waals surface area contributed by atoms with Gasteiger partial charge in [0.2, 0.25) is 5.91 Å². The molecule has 5 heteroatoms. The smallest absolute Gasteiger partial charge is 0.326 e. The molecule has 3 aromatic rings. The van der Waals surface area contributed by atoms with Crippen LogP contribution < -0.4 is 11.0 Å². The lowest BCUT2D eigenvalue weighted by Gasteiger charge is -2.06. The number of carbonyl (C=O) groups excluding carboxylic acids is 1. The summed E-state index contributed by atoms with van der Waals surface area (Å²) < 4.78 is 1.72. The summed E-state index contributed by atoms with van der Waals surface area (Å²) in [5, 5.41) is 2.95. The van der Waals surface area contributed by atoms with Gasteiger partial charge in [0.25, 0.3) is 0 Å². The van der Waals surface area contributed by atoms with Crippen molar-refractivity contribution in [2.24, 2.45) is 0 Å². The first-order valence-electron chi connectivity index (χ1n) is 9.22. The minimum absolute atomic E-state index is 0.0873. The minimum Gasteiger partial charge on any atom is -0.356 e. The maximum Gasteiger partial charge on any atom is 0.326 e. The Morgan fingerprint density at radius 1 is 0.962 bits per heavy atom. The van der Waals surface area contributed by atoms with E-state index in [0.717, 1.165) is 36.7 Å². The molecule has 0 spiro atoms. The van der Waals surface area contributed by atoms with E-state index >= 15 is 0 Å². The Morgan fingerprint density at radius 2 is 1.73 bits per heavy atom. The van der Waals surface area contributed by atoms with Crippen molar-refractivity contribution < 1.29 is 4.79 Å². The van der Waals surface area contributed by atoms with Gasteiger partial charge in [-0.1, -0.05) is 42.5 Å². The van der Waals surface area contributed by atoms with E-state index in [4.69, 9.17) is 0 Å². The molecular formula is C21H25N3O2. The largest absolute Gasteiger partial charge is 0.356 e. The average molecular weight is 351 g/mol. The van der Waals surface area contributed by atoms with E-state index in [9.17, 15) is 9.59 Å². The highest BCUT2D eigenvalue weighted by Gasteiger charge is 2.06. The Balaban J connectivity index is 1.34. The number of nitrogens with zero attached hydrogens (tertiary/aromatic N) is 1. The fourth-order valence-electron chi connectivity index (χ4n) is 3.14. The van der Waals surface area contributed by atoms with Gasteiger partial charge in [-0.05, 0) is 43.4 Å². The molecule has 1 aromatic heterocycles. The number of fused-ring (bicyclic) bond motifs is 1. The van der Waals surface area contributed by atoms with Crippen LogP contribution in [-0.4, -0.2) is 22.0 Å². The first kappa shape index (κ1) is 18.0. The van der Waals surface area contributed by atoms with Crippen molar-refractivity contribution in [3.63, 3.8) is 0 Å². The highest BCUT2D eigenvalue weighted by atomic mass is 16.2. The molecule has 0 aliphatic carbocycles. The first-order chi connectivity index (χ1) is 12.7. The van der Waals surface area contributed by atoms with Crippen molar-refractivity contribution in [1.29, 1.82) is 0 Å². The van der Waals surface area contributed by atoms with E-state index in [1.165, 1.54) is 5.56 Å². The SMILES string of the molecule is O=C(CCCCc1ccccc1)NCCCn1c(=O)[nH]c2ccccc21. The van der Waals surface area contributed by atoms with E-state index in [1.807, 2.05) is 42.5 Å². The average Bonchev–Trinajstić information content (AvgIpc) is 2.98. The molecular weight excluding hydrogens is 326 g/mol. The fraction of sp³-hybridized carbons (Fsp3) is 0.333. The van der Waals surface area contributed by atoms with Crippen LogP contribution in [0.1, 0.15) is 31.2 Å². The third-order valence-corrected chi connectivity index (χ3v) is 4.52. The summed E-state index contributed by atoms with van der Waals surface area (Å²) in [7, 11) is 0. The van der Waals surface area contributed by atoms with Crippen LogP contribution >= 0.6 is 0 Å². The molecule has 0 aliphatic heterocycles. The molecule has 0 fully saturated rings. The van der Waals surface area contributed by atoms with Crippen molar-refractivity contribution in [2.45, 2.75) is 38.6 Å². The molecule has 2 aromatic carbocycles. The lowest BCUT2D eigenvalue weighted by atomic mass is 10.1. The van der Waals surface area contributed by atoms with Gasteiger partial charge < -0.3 is 10.3 Å². The predicted octanol–water partition coefficient (Wildman–Crippen LogP) is 3.25.